The summed E-state index contributed by atoms with van der Waals surface area (Å²) in [5.41, 5.74) is 2.65. The van der Waals surface area contributed by atoms with Crippen molar-refractivity contribution in [2.45, 2.75) is 42.2 Å². The Balaban J connectivity index is 1.49. The molecule has 10 heteroatoms. The number of carbonyl (C=O) groups is 2. The quantitative estimate of drug-likeness (QED) is 0.542. The summed E-state index contributed by atoms with van der Waals surface area (Å²) in [7, 11) is 1.65. The van der Waals surface area contributed by atoms with Crippen LogP contribution in [0.4, 0.5) is 4.53 Å². The Bertz CT molecular complexity index is 601. The number of thioether (sulfide) groups is 1. The summed E-state index contributed by atoms with van der Waals surface area (Å²) >= 11 is 1.87. The van der Waals surface area contributed by atoms with Crippen molar-refractivity contribution in [3.63, 3.8) is 0 Å². The summed E-state index contributed by atoms with van der Waals surface area (Å²) < 4.78 is 22.8. The number of nitrogens with one attached hydrogen (secondary N) is 1. The lowest BCUT2D eigenvalue weighted by atomic mass is 9.88. The number of fused-ring (bicyclic) bond motifs is 1. The fraction of sp³-hybridized carbons (Fsp3) is 0.824. The van der Waals surface area contributed by atoms with Gasteiger partial charge in [-0.25, -0.2) is 9.74 Å². The van der Waals surface area contributed by atoms with Crippen LogP contribution in [0, 0.1) is 5.92 Å². The van der Waals surface area contributed by atoms with Crippen molar-refractivity contribution in [1.29, 1.82) is 0 Å². The van der Waals surface area contributed by atoms with E-state index < -0.39 is 17.9 Å². The Morgan fingerprint density at radius 2 is 2.26 bits per heavy atom. The Morgan fingerprint density at radius 1 is 1.48 bits per heavy atom. The lowest BCUT2D eigenvalue weighted by Crippen LogP contribution is -2.55. The number of hydrogen-bond donors (Lipinski definition) is 1. The van der Waals surface area contributed by atoms with E-state index in [1.54, 1.807) is 7.11 Å². The van der Waals surface area contributed by atoms with Gasteiger partial charge in [0.1, 0.15) is 6.04 Å². The van der Waals surface area contributed by atoms with Crippen LogP contribution in [-0.2, 0) is 24.0 Å². The molecule has 152 valence electrons. The van der Waals surface area contributed by atoms with E-state index in [2.05, 4.69) is 22.4 Å². The van der Waals surface area contributed by atoms with E-state index in [9.17, 15) is 14.1 Å². The molecule has 27 heavy (non-hydrogen) atoms. The van der Waals surface area contributed by atoms with Crippen molar-refractivity contribution in [2.24, 2.45) is 11.0 Å². The average molecular weight is 403 g/mol. The van der Waals surface area contributed by atoms with E-state index >= 15 is 0 Å². The summed E-state index contributed by atoms with van der Waals surface area (Å²) in [5, 5.41) is 4.15. The highest BCUT2D eigenvalue weighted by Crippen LogP contribution is 2.51. The highest BCUT2D eigenvalue weighted by atomic mass is 32.2. The van der Waals surface area contributed by atoms with Gasteiger partial charge >= 0.3 is 5.97 Å². The van der Waals surface area contributed by atoms with Gasteiger partial charge in [0.25, 0.3) is 0 Å². The fourth-order valence-corrected chi connectivity index (χ4v) is 5.23. The topological polar surface area (TPSA) is 89.5 Å². The highest BCUT2D eigenvalue weighted by molar-refractivity contribution is 8.01. The van der Waals surface area contributed by atoms with Gasteiger partial charge in [0.05, 0.1) is 19.8 Å². The van der Waals surface area contributed by atoms with Crippen LogP contribution in [0.15, 0.2) is 5.10 Å². The molecule has 0 aromatic rings. The Kier molecular flexibility index (Phi) is 6.59. The van der Waals surface area contributed by atoms with Crippen LogP contribution in [0.5, 0.6) is 0 Å². The van der Waals surface area contributed by atoms with Gasteiger partial charge < -0.3 is 14.4 Å². The second kappa shape index (κ2) is 8.74. The number of halogens is 1. The van der Waals surface area contributed by atoms with E-state index in [0.29, 0.717) is 44.6 Å². The molecule has 2 heterocycles. The van der Waals surface area contributed by atoms with Crippen LogP contribution in [0.3, 0.4) is 0 Å². The van der Waals surface area contributed by atoms with Crippen molar-refractivity contribution in [1.82, 2.24) is 10.3 Å². The van der Waals surface area contributed by atoms with Gasteiger partial charge in [0, 0.05) is 40.6 Å². The van der Waals surface area contributed by atoms with Crippen molar-refractivity contribution in [3.8, 4) is 0 Å². The molecule has 1 saturated carbocycles. The zero-order valence-corrected chi connectivity index (χ0v) is 16.4. The third-order valence-corrected chi connectivity index (χ3v) is 6.74. The van der Waals surface area contributed by atoms with Crippen LogP contribution >= 0.6 is 11.8 Å². The fourth-order valence-electron chi connectivity index (χ4n) is 3.65. The lowest BCUT2D eigenvalue weighted by molar-refractivity contribution is -0.174. The number of methoxy groups -OCH3 is 1. The van der Waals surface area contributed by atoms with Crippen molar-refractivity contribution in [3.05, 3.63) is 0 Å². The first-order valence-corrected chi connectivity index (χ1v) is 10.1. The van der Waals surface area contributed by atoms with Gasteiger partial charge in [-0.3, -0.25) is 10.2 Å². The maximum Gasteiger partial charge on any atom is 0.395 e. The maximum absolute atomic E-state index is 12.8. The number of nitrogens with zero attached hydrogens (tertiary/aromatic N) is 2. The van der Waals surface area contributed by atoms with Crippen LogP contribution in [0.1, 0.15) is 26.2 Å². The summed E-state index contributed by atoms with van der Waals surface area (Å²) in [4.78, 5) is 29.3. The molecular formula is C17H26FN3O5S. The molecule has 2 aliphatic heterocycles. The Hall–Kier alpha value is -1.39. The number of piperidine rings is 1. The first-order chi connectivity index (χ1) is 13.0. The normalized spacial score (nSPS) is 26.9. The van der Waals surface area contributed by atoms with Gasteiger partial charge in [0.2, 0.25) is 5.91 Å². The molecule has 0 bridgehead atoms. The standard InChI is InChI=1S/C17H26FN3O5S/c1-11(9-25-8-7-24-2)27-17(4-5-17)10-21-6-3-12-13(15(21)22)19-20-14(12)16(23)26-18/h11-13,19H,3-10H2,1-2H3. The minimum absolute atomic E-state index is 0.0344. The van der Waals surface area contributed by atoms with Crippen molar-refractivity contribution in [2.75, 3.05) is 40.0 Å². The minimum atomic E-state index is -1.12. The van der Waals surface area contributed by atoms with Crippen molar-refractivity contribution >= 4 is 29.4 Å². The number of hydrazone groups is 1. The molecule has 1 amide bonds. The van der Waals surface area contributed by atoms with Gasteiger partial charge in [-0.1, -0.05) is 6.92 Å². The predicted molar refractivity (Wildman–Crippen MR) is 98.0 cm³/mol. The summed E-state index contributed by atoms with van der Waals surface area (Å²) in [6.45, 7) is 5.15. The molecule has 0 aromatic carbocycles. The largest absolute Gasteiger partial charge is 0.395 e. The van der Waals surface area contributed by atoms with Gasteiger partial charge in [-0.05, 0) is 19.3 Å². The molecule has 3 aliphatic rings. The molecule has 3 unspecified atom stereocenters. The van der Waals surface area contributed by atoms with E-state index in [4.69, 9.17) is 9.47 Å². The van der Waals surface area contributed by atoms with Crippen LogP contribution in [-0.4, -0.2) is 78.5 Å². The molecule has 8 nitrogen and oxygen atoms in total. The molecule has 1 saturated heterocycles. The lowest BCUT2D eigenvalue weighted by Gasteiger charge is -2.36. The average Bonchev–Trinajstić information content (AvgIpc) is 3.26. The third kappa shape index (κ3) is 4.72. The molecule has 0 spiro atoms. The number of hydrogen-bond acceptors (Lipinski definition) is 8. The van der Waals surface area contributed by atoms with Crippen LogP contribution in [0.2, 0.25) is 0 Å². The maximum atomic E-state index is 12.8. The molecule has 0 aromatic heterocycles. The zero-order valence-electron chi connectivity index (χ0n) is 15.6. The molecule has 0 radical (unpaired) electrons. The smallest absolute Gasteiger partial charge is 0.382 e. The first kappa shape index (κ1) is 20.3. The Labute approximate surface area is 162 Å². The van der Waals surface area contributed by atoms with E-state index in [1.807, 2.05) is 16.7 Å². The SMILES string of the molecule is COCCOCC(C)SC1(CN2CCC3C(C(=O)OF)=NNC3C2=O)CC1. The van der Waals surface area contributed by atoms with E-state index in [-0.39, 0.29) is 16.4 Å². The molecule has 2 fully saturated rings. The Morgan fingerprint density at radius 3 is 2.93 bits per heavy atom. The number of rotatable bonds is 10. The van der Waals surface area contributed by atoms with Crippen LogP contribution < -0.4 is 5.43 Å². The van der Waals surface area contributed by atoms with Gasteiger partial charge in [-0.2, -0.15) is 5.10 Å². The molecule has 1 N–H and O–H groups in total. The molecule has 3 rings (SSSR count). The number of ether oxygens (including phenoxy) is 2. The number of amides is 1. The monoisotopic (exact) mass is 403 g/mol. The number of carbonyl (C=O) groups excluding carboxylic acids is 2. The summed E-state index contributed by atoms with van der Waals surface area (Å²) in [6, 6.07) is -0.608. The highest BCUT2D eigenvalue weighted by Gasteiger charge is 2.51. The first-order valence-electron chi connectivity index (χ1n) is 9.19. The van der Waals surface area contributed by atoms with Gasteiger partial charge in [-0.15, -0.1) is 11.8 Å². The minimum Gasteiger partial charge on any atom is -0.382 e. The summed E-state index contributed by atoms with van der Waals surface area (Å²) in [5.74, 6) is -1.63. The zero-order chi connectivity index (χ0) is 19.4. The second-order valence-electron chi connectivity index (χ2n) is 7.30. The van der Waals surface area contributed by atoms with E-state index in [1.165, 1.54) is 0 Å². The molecule has 1 aliphatic carbocycles. The molecule has 3 atom stereocenters. The van der Waals surface area contributed by atoms with Crippen molar-refractivity contribution < 1.29 is 28.5 Å². The second-order valence-corrected chi connectivity index (χ2v) is 9.21. The number of likely N-dealkylation sites (tertiary alicyclic amines) is 1. The summed E-state index contributed by atoms with van der Waals surface area (Å²) in [6.07, 6.45) is 2.70. The third-order valence-electron chi connectivity index (χ3n) is 5.17. The molecular weight excluding hydrogens is 377 g/mol. The van der Waals surface area contributed by atoms with Gasteiger partial charge in [0.15, 0.2) is 5.71 Å². The predicted octanol–water partition coefficient (Wildman–Crippen LogP) is 0.908. The van der Waals surface area contributed by atoms with E-state index in [0.717, 1.165) is 12.8 Å². The van der Waals surface area contributed by atoms with Crippen LogP contribution in [0.25, 0.3) is 0 Å².